The smallest absolute Gasteiger partial charge is 0.312 e. The molecular weight excluding hydrogens is 356 g/mol. The van der Waals surface area contributed by atoms with Gasteiger partial charge in [-0.05, 0) is 45.7 Å². The van der Waals surface area contributed by atoms with Gasteiger partial charge in [-0.15, -0.1) is 0 Å². The monoisotopic (exact) mass is 378 g/mol. The summed E-state index contributed by atoms with van der Waals surface area (Å²) in [5, 5.41) is 18.9. The molecule has 0 aliphatic carbocycles. The Morgan fingerprint density at radius 3 is 2.58 bits per heavy atom. The Morgan fingerprint density at radius 1 is 1.35 bits per heavy atom. The van der Waals surface area contributed by atoms with Crippen molar-refractivity contribution in [2.45, 2.75) is 52.6 Å². The highest BCUT2D eigenvalue weighted by atomic mass is 35.5. The van der Waals surface area contributed by atoms with E-state index in [1.54, 1.807) is 13.8 Å². The van der Waals surface area contributed by atoms with E-state index in [-0.39, 0.29) is 24.6 Å². The van der Waals surface area contributed by atoms with Gasteiger partial charge >= 0.3 is 5.69 Å². The highest BCUT2D eigenvalue weighted by Crippen LogP contribution is 2.23. The lowest BCUT2D eigenvalue weighted by molar-refractivity contribution is -0.386. The molecule has 140 valence electrons. The maximum atomic E-state index is 12.3. The van der Waals surface area contributed by atoms with Crippen molar-refractivity contribution in [2.24, 2.45) is 0 Å². The van der Waals surface area contributed by atoms with Crippen LogP contribution >= 0.6 is 11.6 Å². The van der Waals surface area contributed by atoms with Crippen molar-refractivity contribution < 1.29 is 9.72 Å². The maximum absolute atomic E-state index is 12.3. The van der Waals surface area contributed by atoms with Crippen molar-refractivity contribution in [2.75, 3.05) is 0 Å². The lowest BCUT2D eigenvalue weighted by Crippen LogP contribution is -2.45. The van der Waals surface area contributed by atoms with Crippen molar-refractivity contribution in [1.82, 2.24) is 15.1 Å². The topological polar surface area (TPSA) is 90.1 Å². The van der Waals surface area contributed by atoms with Crippen LogP contribution in [-0.2, 0) is 17.8 Å². The van der Waals surface area contributed by atoms with E-state index in [0.29, 0.717) is 22.8 Å². The fourth-order valence-electron chi connectivity index (χ4n) is 2.98. The van der Waals surface area contributed by atoms with Gasteiger partial charge in [0.05, 0.1) is 11.5 Å². The van der Waals surface area contributed by atoms with E-state index >= 15 is 0 Å². The molecule has 1 aromatic carbocycles. The van der Waals surface area contributed by atoms with Crippen LogP contribution in [-0.4, -0.2) is 26.1 Å². The van der Waals surface area contributed by atoms with Gasteiger partial charge in [0.25, 0.3) is 0 Å². The normalized spacial score (nSPS) is 11.4. The first-order chi connectivity index (χ1) is 12.1. The molecular formula is C18H23ClN4O3. The van der Waals surface area contributed by atoms with Crippen molar-refractivity contribution in [1.29, 1.82) is 0 Å². The molecule has 8 heteroatoms. The number of carbonyl (C=O) groups excluding carboxylic acids is 1. The molecule has 2 aromatic rings. The largest absolute Gasteiger partial charge is 0.351 e. The summed E-state index contributed by atoms with van der Waals surface area (Å²) < 4.78 is 1.51. The molecule has 1 aromatic heterocycles. The van der Waals surface area contributed by atoms with E-state index in [2.05, 4.69) is 10.4 Å². The molecule has 0 spiro atoms. The third-order valence-electron chi connectivity index (χ3n) is 4.14. The van der Waals surface area contributed by atoms with Crippen molar-refractivity contribution >= 4 is 23.2 Å². The van der Waals surface area contributed by atoms with E-state index in [0.717, 1.165) is 5.56 Å². The van der Waals surface area contributed by atoms with E-state index in [1.807, 2.05) is 38.1 Å². The molecule has 1 heterocycles. The first-order valence-electron chi connectivity index (χ1n) is 8.33. The number of amides is 1. The van der Waals surface area contributed by atoms with Gasteiger partial charge in [0.1, 0.15) is 11.4 Å². The first-order valence-corrected chi connectivity index (χ1v) is 8.71. The van der Waals surface area contributed by atoms with Crippen LogP contribution in [0.3, 0.4) is 0 Å². The Hall–Kier alpha value is -2.41. The molecule has 0 atom stereocenters. The van der Waals surface area contributed by atoms with E-state index in [9.17, 15) is 14.9 Å². The molecule has 0 aliphatic rings. The average molecular weight is 379 g/mol. The molecule has 0 unspecified atom stereocenters. The predicted molar refractivity (Wildman–Crippen MR) is 100 cm³/mol. The summed E-state index contributed by atoms with van der Waals surface area (Å²) in [5.74, 6) is -0.141. The number of nitrogens with one attached hydrogen (secondary N) is 1. The molecule has 0 saturated carbocycles. The van der Waals surface area contributed by atoms with Crippen LogP contribution in [0.15, 0.2) is 24.3 Å². The van der Waals surface area contributed by atoms with Crippen molar-refractivity contribution in [3.63, 3.8) is 0 Å². The van der Waals surface area contributed by atoms with Gasteiger partial charge in [-0.2, -0.15) is 5.10 Å². The third-order valence-corrected chi connectivity index (χ3v) is 4.51. The summed E-state index contributed by atoms with van der Waals surface area (Å²) in [7, 11) is 0. The highest BCUT2D eigenvalue weighted by Gasteiger charge is 2.24. The van der Waals surface area contributed by atoms with Gasteiger partial charge in [0.15, 0.2) is 0 Å². The zero-order valence-electron chi connectivity index (χ0n) is 15.4. The highest BCUT2D eigenvalue weighted by molar-refractivity contribution is 6.31. The Balaban J connectivity index is 1.97. The van der Waals surface area contributed by atoms with Crippen LogP contribution in [0.25, 0.3) is 0 Å². The second-order valence-corrected chi connectivity index (χ2v) is 7.36. The lowest BCUT2D eigenvalue weighted by atomic mass is 9.94. The van der Waals surface area contributed by atoms with E-state index < -0.39 is 10.5 Å². The van der Waals surface area contributed by atoms with Crippen molar-refractivity contribution in [3.8, 4) is 0 Å². The SMILES string of the molecule is Cc1nn(CCC(=O)NC(C)(C)Cc2ccccc2Cl)c(C)c1[N+](=O)[O-]. The molecule has 0 fully saturated rings. The van der Waals surface area contributed by atoms with Gasteiger partial charge in [-0.1, -0.05) is 29.8 Å². The third kappa shape index (κ3) is 4.82. The Morgan fingerprint density at radius 2 is 2.00 bits per heavy atom. The minimum Gasteiger partial charge on any atom is -0.351 e. The van der Waals surface area contributed by atoms with Crippen LogP contribution in [0, 0.1) is 24.0 Å². The number of rotatable bonds is 7. The molecule has 1 amide bonds. The molecule has 0 saturated heterocycles. The van der Waals surface area contributed by atoms with Crippen LogP contribution in [0.5, 0.6) is 0 Å². The van der Waals surface area contributed by atoms with Crippen LogP contribution < -0.4 is 5.32 Å². The summed E-state index contributed by atoms with van der Waals surface area (Å²) in [6.45, 7) is 7.38. The Bertz CT molecular complexity index is 830. The predicted octanol–water partition coefficient (Wildman–Crippen LogP) is 3.59. The molecule has 7 nitrogen and oxygen atoms in total. The van der Waals surface area contributed by atoms with E-state index in [1.165, 1.54) is 4.68 Å². The maximum Gasteiger partial charge on any atom is 0.312 e. The summed E-state index contributed by atoms with van der Waals surface area (Å²) in [6, 6.07) is 7.54. The van der Waals surface area contributed by atoms with E-state index in [4.69, 9.17) is 11.6 Å². The second-order valence-electron chi connectivity index (χ2n) is 6.95. The van der Waals surface area contributed by atoms with Crippen molar-refractivity contribution in [3.05, 3.63) is 56.4 Å². The molecule has 0 radical (unpaired) electrons. The molecule has 26 heavy (non-hydrogen) atoms. The minimum absolute atomic E-state index is 0.00413. The zero-order valence-corrected chi connectivity index (χ0v) is 16.1. The fourth-order valence-corrected chi connectivity index (χ4v) is 3.18. The van der Waals surface area contributed by atoms with Gasteiger partial charge < -0.3 is 5.32 Å². The Labute approximate surface area is 157 Å². The number of hydrogen-bond donors (Lipinski definition) is 1. The molecule has 2 rings (SSSR count). The summed E-state index contributed by atoms with van der Waals surface area (Å²) in [5.41, 5.74) is 1.31. The molecule has 1 N–H and O–H groups in total. The average Bonchev–Trinajstić information content (AvgIpc) is 2.81. The van der Waals surface area contributed by atoms with Gasteiger partial charge in [0, 0.05) is 17.0 Å². The van der Waals surface area contributed by atoms with Crippen LogP contribution in [0.4, 0.5) is 5.69 Å². The zero-order chi connectivity index (χ0) is 19.5. The van der Waals surface area contributed by atoms with Gasteiger partial charge in [-0.3, -0.25) is 19.6 Å². The van der Waals surface area contributed by atoms with Gasteiger partial charge in [-0.25, -0.2) is 0 Å². The quantitative estimate of drug-likeness (QED) is 0.588. The number of aromatic nitrogens is 2. The van der Waals surface area contributed by atoms with Crippen LogP contribution in [0.2, 0.25) is 5.02 Å². The number of aryl methyl sites for hydroxylation is 2. The number of nitro groups is 1. The number of carbonyl (C=O) groups is 1. The number of hydrogen-bond acceptors (Lipinski definition) is 4. The summed E-state index contributed by atoms with van der Waals surface area (Å²) in [6.07, 6.45) is 0.787. The lowest BCUT2D eigenvalue weighted by Gasteiger charge is -2.27. The second kappa shape index (κ2) is 7.86. The fraction of sp³-hybridized carbons (Fsp3) is 0.444. The van der Waals surface area contributed by atoms with Gasteiger partial charge in [0.2, 0.25) is 5.91 Å². The molecule has 0 bridgehead atoms. The summed E-state index contributed by atoms with van der Waals surface area (Å²) >= 11 is 6.19. The number of halogens is 1. The van der Waals surface area contributed by atoms with Crippen LogP contribution in [0.1, 0.15) is 37.2 Å². The molecule has 0 aliphatic heterocycles. The first kappa shape index (κ1) is 19.9. The Kier molecular flexibility index (Phi) is 6.02. The summed E-state index contributed by atoms with van der Waals surface area (Å²) in [4.78, 5) is 22.9. The minimum atomic E-state index is -0.469. The number of nitrogens with zero attached hydrogens (tertiary/aromatic N) is 3. The number of benzene rings is 1. The standard InChI is InChI=1S/C18H23ClN4O3/c1-12-17(23(25)26)13(2)22(21-12)10-9-16(24)20-18(3,4)11-14-7-5-6-8-15(14)19/h5-8H,9-11H2,1-4H3,(H,20,24).